The summed E-state index contributed by atoms with van der Waals surface area (Å²) < 4.78 is 0. The van der Waals surface area contributed by atoms with Crippen LogP contribution in [-0.2, 0) is 0 Å². The molecular weight excluding hydrogens is 270 g/mol. The lowest BCUT2D eigenvalue weighted by molar-refractivity contribution is 0.298. The zero-order chi connectivity index (χ0) is 14.9. The molecule has 2 aliphatic carbocycles. The summed E-state index contributed by atoms with van der Waals surface area (Å²) in [5, 5.41) is 7.04. The van der Waals surface area contributed by atoms with Gasteiger partial charge in [0, 0.05) is 12.2 Å². The van der Waals surface area contributed by atoms with Gasteiger partial charge < -0.3 is 5.73 Å². The fraction of sp³-hybridized carbons (Fsp3) is 0.526. The van der Waals surface area contributed by atoms with Crippen molar-refractivity contribution in [2.24, 2.45) is 17.6 Å². The molecule has 1 heterocycles. The highest BCUT2D eigenvalue weighted by atomic mass is 15.1. The predicted molar refractivity (Wildman–Crippen MR) is 89.4 cm³/mol. The lowest BCUT2D eigenvalue weighted by Gasteiger charge is -2.26. The van der Waals surface area contributed by atoms with E-state index in [0.29, 0.717) is 6.04 Å². The van der Waals surface area contributed by atoms with Crippen LogP contribution in [0.4, 0.5) is 0 Å². The number of hydrogen-bond acceptors (Lipinski definition) is 2. The molecule has 3 heteroatoms. The van der Waals surface area contributed by atoms with E-state index in [0.717, 1.165) is 23.4 Å². The molecule has 0 bridgehead atoms. The highest BCUT2D eigenvalue weighted by molar-refractivity contribution is 5.59. The Morgan fingerprint density at radius 2 is 1.82 bits per heavy atom. The van der Waals surface area contributed by atoms with E-state index < -0.39 is 0 Å². The molecule has 0 saturated heterocycles. The van der Waals surface area contributed by atoms with Crippen molar-refractivity contribution in [2.75, 3.05) is 0 Å². The second kappa shape index (κ2) is 5.88. The summed E-state index contributed by atoms with van der Waals surface area (Å²) in [5.74, 6) is 2.64. The van der Waals surface area contributed by atoms with Crippen molar-refractivity contribution >= 4 is 0 Å². The summed E-state index contributed by atoms with van der Waals surface area (Å²) in [6, 6.07) is 11.5. The minimum absolute atomic E-state index is 0.473. The summed E-state index contributed by atoms with van der Waals surface area (Å²) >= 11 is 0. The number of H-pyrrole nitrogens is 1. The van der Waals surface area contributed by atoms with Gasteiger partial charge in [-0.1, -0.05) is 24.3 Å². The van der Waals surface area contributed by atoms with Crippen LogP contribution in [-0.4, -0.2) is 16.2 Å². The second-order valence-electron chi connectivity index (χ2n) is 7.21. The quantitative estimate of drug-likeness (QED) is 0.892. The third kappa shape index (κ3) is 2.95. The van der Waals surface area contributed by atoms with Gasteiger partial charge in [-0.15, -0.1) is 0 Å². The highest BCUT2D eigenvalue weighted by Gasteiger charge is 2.39. The first kappa shape index (κ1) is 14.0. The number of benzene rings is 1. The SMILES string of the molecule is NC1CCC(C[C@H]2C[C@@H]2c2ccc(-c3ccn[nH]3)cc2)CC1. The molecule has 0 spiro atoms. The number of nitrogens with one attached hydrogen (secondary N) is 1. The lowest BCUT2D eigenvalue weighted by atomic mass is 9.83. The first-order valence-electron chi connectivity index (χ1n) is 8.65. The Bertz CT molecular complexity index is 594. The summed E-state index contributed by atoms with van der Waals surface area (Å²) in [4.78, 5) is 0. The van der Waals surface area contributed by atoms with E-state index in [2.05, 4.69) is 34.5 Å². The topological polar surface area (TPSA) is 54.7 Å². The van der Waals surface area contributed by atoms with Gasteiger partial charge in [0.05, 0.1) is 5.69 Å². The molecule has 3 N–H and O–H groups in total. The fourth-order valence-electron chi connectivity index (χ4n) is 4.09. The van der Waals surface area contributed by atoms with Crippen molar-refractivity contribution in [1.29, 1.82) is 0 Å². The van der Waals surface area contributed by atoms with E-state index in [9.17, 15) is 0 Å². The Kier molecular flexibility index (Phi) is 3.75. The number of nitrogens with zero attached hydrogens (tertiary/aromatic N) is 1. The molecule has 0 radical (unpaired) electrons. The molecule has 22 heavy (non-hydrogen) atoms. The maximum atomic E-state index is 6.01. The van der Waals surface area contributed by atoms with E-state index in [-0.39, 0.29) is 0 Å². The summed E-state index contributed by atoms with van der Waals surface area (Å²) in [6.07, 6.45) is 9.77. The van der Waals surface area contributed by atoms with Gasteiger partial charge in [0.25, 0.3) is 0 Å². The number of aromatic nitrogens is 2. The van der Waals surface area contributed by atoms with E-state index >= 15 is 0 Å². The summed E-state index contributed by atoms with van der Waals surface area (Å²) in [7, 11) is 0. The minimum atomic E-state index is 0.473. The third-order valence-electron chi connectivity index (χ3n) is 5.60. The Balaban J connectivity index is 1.34. The number of aromatic amines is 1. The lowest BCUT2D eigenvalue weighted by Crippen LogP contribution is -2.26. The Morgan fingerprint density at radius 3 is 2.50 bits per heavy atom. The normalized spacial score (nSPS) is 31.1. The molecule has 2 saturated carbocycles. The molecule has 1 aromatic carbocycles. The maximum absolute atomic E-state index is 6.01. The second-order valence-corrected chi connectivity index (χ2v) is 7.21. The van der Waals surface area contributed by atoms with E-state index in [1.807, 2.05) is 6.07 Å². The molecule has 0 unspecified atom stereocenters. The molecule has 3 nitrogen and oxygen atoms in total. The Morgan fingerprint density at radius 1 is 1.05 bits per heavy atom. The van der Waals surface area contributed by atoms with E-state index in [4.69, 9.17) is 5.73 Å². The van der Waals surface area contributed by atoms with Crippen LogP contribution in [0.1, 0.15) is 50.0 Å². The first-order chi connectivity index (χ1) is 10.8. The van der Waals surface area contributed by atoms with Gasteiger partial charge in [-0.25, -0.2) is 0 Å². The van der Waals surface area contributed by atoms with Crippen LogP contribution in [0, 0.1) is 11.8 Å². The number of nitrogens with two attached hydrogens (primary N) is 1. The van der Waals surface area contributed by atoms with Crippen molar-refractivity contribution in [1.82, 2.24) is 10.2 Å². The van der Waals surface area contributed by atoms with Gasteiger partial charge in [0.2, 0.25) is 0 Å². The van der Waals surface area contributed by atoms with Crippen LogP contribution in [0.5, 0.6) is 0 Å². The average Bonchev–Trinajstić information content (AvgIpc) is 3.09. The van der Waals surface area contributed by atoms with Gasteiger partial charge in [-0.05, 0) is 73.5 Å². The molecule has 2 atom stereocenters. The van der Waals surface area contributed by atoms with Crippen molar-refractivity contribution in [3.63, 3.8) is 0 Å². The van der Waals surface area contributed by atoms with Crippen molar-refractivity contribution in [3.05, 3.63) is 42.1 Å². The molecular formula is C19H25N3. The van der Waals surface area contributed by atoms with Gasteiger partial charge in [-0.3, -0.25) is 5.10 Å². The Hall–Kier alpha value is -1.61. The van der Waals surface area contributed by atoms with E-state index in [1.165, 1.54) is 49.7 Å². The zero-order valence-electron chi connectivity index (χ0n) is 13.0. The van der Waals surface area contributed by atoms with Crippen LogP contribution >= 0.6 is 0 Å². The van der Waals surface area contributed by atoms with Gasteiger partial charge >= 0.3 is 0 Å². The van der Waals surface area contributed by atoms with E-state index in [1.54, 1.807) is 6.20 Å². The molecule has 2 aromatic rings. The maximum Gasteiger partial charge on any atom is 0.0650 e. The van der Waals surface area contributed by atoms with Crippen molar-refractivity contribution in [3.8, 4) is 11.3 Å². The zero-order valence-corrected chi connectivity index (χ0v) is 13.0. The first-order valence-corrected chi connectivity index (χ1v) is 8.65. The molecule has 0 aliphatic heterocycles. The smallest absolute Gasteiger partial charge is 0.0650 e. The molecule has 0 amide bonds. The predicted octanol–water partition coefficient (Wildman–Crippen LogP) is 4.09. The summed E-state index contributed by atoms with van der Waals surface area (Å²) in [5.41, 5.74) is 9.84. The van der Waals surface area contributed by atoms with Crippen molar-refractivity contribution in [2.45, 2.75) is 50.5 Å². The van der Waals surface area contributed by atoms with Crippen LogP contribution in [0.3, 0.4) is 0 Å². The fourth-order valence-corrected chi connectivity index (χ4v) is 4.09. The number of hydrogen-bond donors (Lipinski definition) is 2. The molecule has 2 fully saturated rings. The van der Waals surface area contributed by atoms with Crippen LogP contribution < -0.4 is 5.73 Å². The minimum Gasteiger partial charge on any atom is -0.328 e. The molecule has 116 valence electrons. The molecule has 1 aromatic heterocycles. The Labute approximate surface area is 132 Å². The van der Waals surface area contributed by atoms with Crippen LogP contribution in [0.15, 0.2) is 36.5 Å². The van der Waals surface area contributed by atoms with Gasteiger partial charge in [0.1, 0.15) is 0 Å². The summed E-state index contributed by atoms with van der Waals surface area (Å²) in [6.45, 7) is 0. The largest absolute Gasteiger partial charge is 0.328 e. The van der Waals surface area contributed by atoms with Gasteiger partial charge in [0.15, 0.2) is 0 Å². The standard InChI is InChI=1S/C19H25N3/c20-17-7-1-13(2-8-17)11-16-12-18(16)14-3-5-15(6-4-14)19-9-10-21-22-19/h3-6,9-10,13,16-18H,1-2,7-8,11-12,20H2,(H,21,22)/t13?,16-,17?,18+/m0/s1. The van der Waals surface area contributed by atoms with Crippen molar-refractivity contribution < 1.29 is 0 Å². The third-order valence-corrected chi connectivity index (χ3v) is 5.60. The molecule has 2 aliphatic rings. The van der Waals surface area contributed by atoms with Crippen LogP contribution in [0.2, 0.25) is 0 Å². The highest BCUT2D eigenvalue weighted by Crippen LogP contribution is 2.52. The van der Waals surface area contributed by atoms with Crippen LogP contribution in [0.25, 0.3) is 11.3 Å². The molecule has 4 rings (SSSR count). The van der Waals surface area contributed by atoms with Gasteiger partial charge in [-0.2, -0.15) is 5.10 Å². The average molecular weight is 295 g/mol. The monoisotopic (exact) mass is 295 g/mol. The number of rotatable bonds is 4.